The second-order valence-corrected chi connectivity index (χ2v) is 18.7. The van der Waals surface area contributed by atoms with Crippen LogP contribution in [0, 0.1) is 0 Å². The van der Waals surface area contributed by atoms with Gasteiger partial charge in [-0.05, 0) is 122 Å². The van der Waals surface area contributed by atoms with Crippen molar-refractivity contribution in [3.05, 3.63) is 223 Å². The number of anilines is 3. The lowest BCUT2D eigenvalue weighted by molar-refractivity contribution is 0.662. The third-order valence-corrected chi connectivity index (χ3v) is 14.8. The highest BCUT2D eigenvalue weighted by Crippen LogP contribution is 2.52. The molecule has 0 spiro atoms. The number of nitrogens with zero attached hydrogens (tertiary/aromatic N) is 1. The Morgan fingerprint density at radius 1 is 0.406 bits per heavy atom. The lowest BCUT2D eigenvalue weighted by Gasteiger charge is -2.27. The average molecular weight is 836 g/mol. The Labute approximate surface area is 375 Å². The maximum atomic E-state index is 6.57. The molecule has 0 fully saturated rings. The Morgan fingerprint density at radius 2 is 0.969 bits per heavy atom. The van der Waals surface area contributed by atoms with Gasteiger partial charge in [-0.1, -0.05) is 166 Å². The van der Waals surface area contributed by atoms with Crippen LogP contribution in [0.5, 0.6) is 0 Å². The minimum atomic E-state index is -0.0981. The van der Waals surface area contributed by atoms with Crippen LogP contribution >= 0.6 is 11.3 Å². The van der Waals surface area contributed by atoms with E-state index < -0.39 is 0 Å². The molecule has 0 amide bonds. The number of hydrogen-bond donors (Lipinski definition) is 0. The van der Waals surface area contributed by atoms with Crippen LogP contribution < -0.4 is 4.90 Å². The fraction of sp³-hybridized carbons (Fsp3) is 0.0492. The molecule has 0 bridgehead atoms. The first-order valence-corrected chi connectivity index (χ1v) is 22.9. The normalized spacial score (nSPS) is 13.0. The van der Waals surface area contributed by atoms with Crippen molar-refractivity contribution in [2.24, 2.45) is 0 Å². The Hall–Kier alpha value is -7.72. The molecule has 0 aliphatic heterocycles. The van der Waals surface area contributed by atoms with Crippen LogP contribution in [0.25, 0.3) is 97.4 Å². The highest BCUT2D eigenvalue weighted by atomic mass is 32.1. The van der Waals surface area contributed by atoms with Gasteiger partial charge in [-0.25, -0.2) is 0 Å². The number of furan rings is 1. The summed E-state index contributed by atoms with van der Waals surface area (Å²) in [6, 6.07) is 77.8. The van der Waals surface area contributed by atoms with Crippen LogP contribution in [0.4, 0.5) is 17.1 Å². The van der Waals surface area contributed by atoms with Crippen molar-refractivity contribution < 1.29 is 4.42 Å². The van der Waals surface area contributed by atoms with Crippen molar-refractivity contribution in [3.63, 3.8) is 0 Å². The molecule has 2 heterocycles. The molecular formula is C61H41NOS. The summed E-state index contributed by atoms with van der Waals surface area (Å²) in [4.78, 5) is 2.38. The zero-order chi connectivity index (χ0) is 42.5. The fourth-order valence-corrected chi connectivity index (χ4v) is 11.8. The average Bonchev–Trinajstić information content (AvgIpc) is 4.00. The molecule has 0 saturated heterocycles. The second-order valence-electron chi connectivity index (χ2n) is 17.6. The zero-order valence-electron chi connectivity index (χ0n) is 35.5. The standard InChI is InChI=1S/C61H41NOS/c1-61(2)54-18-7-5-13-49(54)52-17-9-16-47(59(52)61)41-25-33-45(34-26-41)62(43-29-21-38(22-30-43)42-28-35-51-50-14-6-8-20-56(50)64-57(51)37-42)44-31-23-40(24-32-44)46-15-10-19-55-58(46)53-36-27-39-11-3-4-12-48(39)60(53)63-55/h3-37H,1-2H3. The minimum absolute atomic E-state index is 0.0981. The van der Waals surface area contributed by atoms with Crippen molar-refractivity contribution in [2.45, 2.75) is 19.3 Å². The van der Waals surface area contributed by atoms with E-state index in [1.165, 1.54) is 70.1 Å². The van der Waals surface area contributed by atoms with E-state index in [4.69, 9.17) is 4.42 Å². The van der Waals surface area contributed by atoms with Gasteiger partial charge in [-0.2, -0.15) is 0 Å². The summed E-state index contributed by atoms with van der Waals surface area (Å²) >= 11 is 1.86. The predicted molar refractivity (Wildman–Crippen MR) is 273 cm³/mol. The van der Waals surface area contributed by atoms with Crippen LogP contribution in [0.15, 0.2) is 217 Å². The lowest BCUT2D eigenvalue weighted by atomic mass is 9.79. The van der Waals surface area contributed by atoms with E-state index >= 15 is 0 Å². The Balaban J connectivity index is 0.904. The third-order valence-electron chi connectivity index (χ3n) is 13.7. The molecule has 12 aromatic rings. The van der Waals surface area contributed by atoms with Crippen molar-refractivity contribution in [2.75, 3.05) is 4.90 Å². The molecule has 13 rings (SSSR count). The Morgan fingerprint density at radius 3 is 1.75 bits per heavy atom. The highest BCUT2D eigenvalue weighted by Gasteiger charge is 2.37. The Bertz CT molecular complexity index is 3800. The highest BCUT2D eigenvalue weighted by molar-refractivity contribution is 7.25. The van der Waals surface area contributed by atoms with Crippen LogP contribution in [-0.4, -0.2) is 0 Å². The number of fused-ring (bicyclic) bond motifs is 11. The van der Waals surface area contributed by atoms with Crippen LogP contribution in [0.1, 0.15) is 25.0 Å². The lowest BCUT2D eigenvalue weighted by Crippen LogP contribution is -2.16. The molecule has 0 radical (unpaired) electrons. The van der Waals surface area contributed by atoms with E-state index in [2.05, 4.69) is 231 Å². The molecule has 2 nitrogen and oxygen atoms in total. The summed E-state index contributed by atoms with van der Waals surface area (Å²) < 4.78 is 9.21. The van der Waals surface area contributed by atoms with Crippen LogP contribution in [0.3, 0.4) is 0 Å². The van der Waals surface area contributed by atoms with Gasteiger partial charge in [0.05, 0.1) is 0 Å². The third kappa shape index (κ3) is 5.64. The maximum Gasteiger partial charge on any atom is 0.143 e. The fourth-order valence-electron chi connectivity index (χ4n) is 10.6. The van der Waals surface area contributed by atoms with E-state index in [9.17, 15) is 0 Å². The van der Waals surface area contributed by atoms with Gasteiger partial charge in [-0.3, -0.25) is 0 Å². The molecule has 0 atom stereocenters. The first kappa shape index (κ1) is 36.9. The van der Waals surface area contributed by atoms with E-state index in [1.54, 1.807) is 0 Å². The molecular weight excluding hydrogens is 795 g/mol. The van der Waals surface area contributed by atoms with Gasteiger partial charge in [0.2, 0.25) is 0 Å². The van der Waals surface area contributed by atoms with Gasteiger partial charge >= 0.3 is 0 Å². The van der Waals surface area contributed by atoms with Crippen molar-refractivity contribution >= 4 is 81.3 Å². The maximum absolute atomic E-state index is 6.57. The molecule has 64 heavy (non-hydrogen) atoms. The number of rotatable bonds is 6. The Kier molecular flexibility index (Phi) is 8.16. The van der Waals surface area contributed by atoms with Gasteiger partial charge in [-0.15, -0.1) is 11.3 Å². The summed E-state index contributed by atoms with van der Waals surface area (Å²) in [6.45, 7) is 4.73. The summed E-state index contributed by atoms with van der Waals surface area (Å²) in [5.74, 6) is 0. The first-order valence-electron chi connectivity index (χ1n) is 22.1. The van der Waals surface area contributed by atoms with Gasteiger partial charge in [0.1, 0.15) is 11.2 Å². The van der Waals surface area contributed by atoms with E-state index in [0.717, 1.165) is 55.5 Å². The molecule has 0 N–H and O–H groups in total. The van der Waals surface area contributed by atoms with Gasteiger partial charge in [0.25, 0.3) is 0 Å². The topological polar surface area (TPSA) is 16.4 Å². The van der Waals surface area contributed by atoms with E-state index in [1.807, 2.05) is 11.3 Å². The summed E-state index contributed by atoms with van der Waals surface area (Å²) in [6.07, 6.45) is 0. The SMILES string of the molecule is CC1(C)c2ccccc2-c2cccc(-c3ccc(N(c4ccc(-c5ccc6c(c5)sc5ccccc56)cc4)c4ccc(-c5cccc6oc7c8ccccc8ccc7c56)cc4)cc3)c21. The van der Waals surface area contributed by atoms with Crippen molar-refractivity contribution in [1.29, 1.82) is 0 Å². The molecule has 302 valence electrons. The van der Waals surface area contributed by atoms with Gasteiger partial charge < -0.3 is 9.32 Å². The monoisotopic (exact) mass is 835 g/mol. The van der Waals surface area contributed by atoms with Crippen molar-refractivity contribution in [1.82, 2.24) is 0 Å². The predicted octanol–water partition coefficient (Wildman–Crippen LogP) is 17.9. The van der Waals surface area contributed by atoms with Gasteiger partial charge in [0, 0.05) is 58.8 Å². The number of thiophene rings is 1. The molecule has 10 aromatic carbocycles. The van der Waals surface area contributed by atoms with Crippen LogP contribution in [0.2, 0.25) is 0 Å². The zero-order valence-corrected chi connectivity index (χ0v) is 36.3. The molecule has 3 heteroatoms. The number of benzene rings is 10. The molecule has 0 unspecified atom stereocenters. The van der Waals surface area contributed by atoms with Crippen LogP contribution in [-0.2, 0) is 5.41 Å². The molecule has 0 saturated carbocycles. The molecule has 1 aliphatic rings. The summed E-state index contributed by atoms with van der Waals surface area (Å²) in [5, 5.41) is 7.24. The van der Waals surface area contributed by atoms with Crippen molar-refractivity contribution in [3.8, 4) is 44.5 Å². The largest absolute Gasteiger partial charge is 0.455 e. The quantitative estimate of drug-likeness (QED) is 0.166. The smallest absolute Gasteiger partial charge is 0.143 e. The van der Waals surface area contributed by atoms with Gasteiger partial charge in [0.15, 0.2) is 0 Å². The van der Waals surface area contributed by atoms with E-state index in [0.29, 0.717) is 0 Å². The first-order chi connectivity index (χ1) is 31.5. The summed E-state index contributed by atoms with van der Waals surface area (Å²) in [5.41, 5.74) is 17.7. The molecule has 2 aromatic heterocycles. The van der Waals surface area contributed by atoms with E-state index in [-0.39, 0.29) is 5.41 Å². The second kappa shape index (κ2) is 14.2. The minimum Gasteiger partial charge on any atom is -0.455 e. The number of hydrogen-bond acceptors (Lipinski definition) is 3. The summed E-state index contributed by atoms with van der Waals surface area (Å²) in [7, 11) is 0. The molecule has 1 aliphatic carbocycles.